The predicted octanol–water partition coefficient (Wildman–Crippen LogP) is 2.97. The summed E-state index contributed by atoms with van der Waals surface area (Å²) in [5, 5.41) is 13.6. The molecule has 0 aliphatic rings. The maximum atomic E-state index is 11.2. The van der Waals surface area contributed by atoms with E-state index in [1.165, 1.54) is 0 Å². The predicted molar refractivity (Wildman–Crippen MR) is 69.7 cm³/mol. The summed E-state index contributed by atoms with van der Waals surface area (Å²) < 4.78 is 1.69. The highest BCUT2D eigenvalue weighted by atomic mass is 16.4. The van der Waals surface area contributed by atoms with Crippen molar-refractivity contribution in [2.45, 2.75) is 26.8 Å². The molecule has 0 saturated carbocycles. The van der Waals surface area contributed by atoms with Gasteiger partial charge in [0.2, 0.25) is 0 Å². The van der Waals surface area contributed by atoms with Crippen molar-refractivity contribution >= 4 is 5.97 Å². The van der Waals surface area contributed by atoms with Crippen LogP contribution in [0.2, 0.25) is 0 Å². The lowest BCUT2D eigenvalue weighted by atomic mass is 10.1. The van der Waals surface area contributed by atoms with Gasteiger partial charge in [-0.3, -0.25) is 4.68 Å². The average Bonchev–Trinajstić information content (AvgIpc) is 2.75. The van der Waals surface area contributed by atoms with Crippen molar-refractivity contribution in [2.75, 3.05) is 0 Å². The molecule has 0 unspecified atom stereocenters. The van der Waals surface area contributed by atoms with Crippen LogP contribution in [0, 0.1) is 6.92 Å². The van der Waals surface area contributed by atoms with Crippen molar-refractivity contribution in [3.8, 4) is 11.3 Å². The van der Waals surface area contributed by atoms with Gasteiger partial charge in [0.25, 0.3) is 0 Å². The highest BCUT2D eigenvalue weighted by Crippen LogP contribution is 2.22. The van der Waals surface area contributed by atoms with Gasteiger partial charge in [0, 0.05) is 18.3 Å². The van der Waals surface area contributed by atoms with Crippen LogP contribution in [0.15, 0.2) is 30.5 Å². The summed E-state index contributed by atoms with van der Waals surface area (Å²) in [5.74, 6) is -0.937. The van der Waals surface area contributed by atoms with Crippen molar-refractivity contribution in [3.05, 3.63) is 41.6 Å². The van der Waals surface area contributed by atoms with Gasteiger partial charge in [0.05, 0.1) is 0 Å². The molecule has 0 radical (unpaired) electrons. The SMILES string of the molecule is CCCn1cc(C(=O)O)c(-c2ccc(C)cc2)n1. The summed E-state index contributed by atoms with van der Waals surface area (Å²) in [6, 6.07) is 7.72. The lowest BCUT2D eigenvalue weighted by molar-refractivity contribution is 0.0697. The average molecular weight is 244 g/mol. The first-order valence-electron chi connectivity index (χ1n) is 5.99. The first-order valence-corrected chi connectivity index (χ1v) is 5.99. The van der Waals surface area contributed by atoms with E-state index in [9.17, 15) is 9.90 Å². The Morgan fingerprint density at radius 3 is 2.56 bits per heavy atom. The first kappa shape index (κ1) is 12.4. The van der Waals surface area contributed by atoms with E-state index in [2.05, 4.69) is 5.10 Å². The summed E-state index contributed by atoms with van der Waals surface area (Å²) in [4.78, 5) is 11.2. The molecule has 1 aromatic carbocycles. The third-order valence-corrected chi connectivity index (χ3v) is 2.77. The maximum Gasteiger partial charge on any atom is 0.339 e. The van der Waals surface area contributed by atoms with Gasteiger partial charge in [-0.25, -0.2) is 4.79 Å². The summed E-state index contributed by atoms with van der Waals surface area (Å²) in [5.41, 5.74) is 2.78. The zero-order valence-electron chi connectivity index (χ0n) is 10.6. The van der Waals surface area contributed by atoms with Crippen LogP contribution in [0.5, 0.6) is 0 Å². The van der Waals surface area contributed by atoms with E-state index in [1.807, 2.05) is 38.1 Å². The Bertz CT molecular complexity index is 556. The number of aryl methyl sites for hydroxylation is 2. The van der Waals surface area contributed by atoms with Crippen molar-refractivity contribution in [3.63, 3.8) is 0 Å². The smallest absolute Gasteiger partial charge is 0.339 e. The lowest BCUT2D eigenvalue weighted by Crippen LogP contribution is -1.97. The Morgan fingerprint density at radius 2 is 2.00 bits per heavy atom. The quantitative estimate of drug-likeness (QED) is 0.899. The fraction of sp³-hybridized carbons (Fsp3) is 0.286. The molecule has 1 aromatic heterocycles. The van der Waals surface area contributed by atoms with Crippen molar-refractivity contribution in [1.29, 1.82) is 0 Å². The van der Waals surface area contributed by atoms with Gasteiger partial charge in [-0.15, -0.1) is 0 Å². The van der Waals surface area contributed by atoms with E-state index >= 15 is 0 Å². The number of carbonyl (C=O) groups is 1. The molecule has 2 rings (SSSR count). The molecule has 0 aliphatic carbocycles. The number of benzene rings is 1. The summed E-state index contributed by atoms with van der Waals surface area (Å²) in [7, 11) is 0. The summed E-state index contributed by atoms with van der Waals surface area (Å²) >= 11 is 0. The fourth-order valence-electron chi connectivity index (χ4n) is 1.85. The van der Waals surface area contributed by atoms with Gasteiger partial charge in [-0.05, 0) is 13.3 Å². The van der Waals surface area contributed by atoms with Gasteiger partial charge >= 0.3 is 5.97 Å². The molecule has 0 amide bonds. The Labute approximate surface area is 106 Å². The van der Waals surface area contributed by atoms with Crippen molar-refractivity contribution < 1.29 is 9.90 Å². The third-order valence-electron chi connectivity index (χ3n) is 2.77. The second-order valence-electron chi connectivity index (χ2n) is 4.33. The van der Waals surface area contributed by atoms with Gasteiger partial charge in [-0.1, -0.05) is 36.8 Å². The van der Waals surface area contributed by atoms with E-state index < -0.39 is 5.97 Å². The molecule has 0 atom stereocenters. The lowest BCUT2D eigenvalue weighted by Gasteiger charge is -2.00. The molecule has 0 bridgehead atoms. The number of aromatic carboxylic acids is 1. The fourth-order valence-corrected chi connectivity index (χ4v) is 1.85. The molecule has 94 valence electrons. The normalized spacial score (nSPS) is 10.6. The molecule has 0 saturated heterocycles. The van der Waals surface area contributed by atoms with E-state index in [0.29, 0.717) is 5.69 Å². The second kappa shape index (κ2) is 5.04. The molecule has 18 heavy (non-hydrogen) atoms. The minimum absolute atomic E-state index is 0.257. The molecule has 1 N–H and O–H groups in total. The number of rotatable bonds is 4. The van der Waals surface area contributed by atoms with Crippen LogP contribution in [0.25, 0.3) is 11.3 Å². The van der Waals surface area contributed by atoms with Crippen LogP contribution in [0.3, 0.4) is 0 Å². The molecular weight excluding hydrogens is 228 g/mol. The molecule has 0 spiro atoms. The van der Waals surface area contributed by atoms with Crippen LogP contribution in [-0.4, -0.2) is 20.9 Å². The molecule has 2 aromatic rings. The van der Waals surface area contributed by atoms with Crippen molar-refractivity contribution in [2.24, 2.45) is 0 Å². The molecule has 4 nitrogen and oxygen atoms in total. The van der Waals surface area contributed by atoms with Gasteiger partial charge < -0.3 is 5.11 Å². The summed E-state index contributed by atoms with van der Waals surface area (Å²) in [6.45, 7) is 4.76. The minimum Gasteiger partial charge on any atom is -0.478 e. The van der Waals surface area contributed by atoms with Gasteiger partial charge in [0.1, 0.15) is 11.3 Å². The number of aromatic nitrogens is 2. The first-order chi connectivity index (χ1) is 8.61. The van der Waals surface area contributed by atoms with E-state index in [-0.39, 0.29) is 5.56 Å². The summed E-state index contributed by atoms with van der Waals surface area (Å²) in [6.07, 6.45) is 2.52. The Morgan fingerprint density at radius 1 is 1.33 bits per heavy atom. The topological polar surface area (TPSA) is 55.1 Å². The van der Waals surface area contributed by atoms with E-state index in [0.717, 1.165) is 24.1 Å². The highest BCUT2D eigenvalue weighted by Gasteiger charge is 2.16. The molecule has 0 fully saturated rings. The number of carboxylic acids is 1. The number of carboxylic acid groups (broad SMARTS) is 1. The monoisotopic (exact) mass is 244 g/mol. The van der Waals surface area contributed by atoms with Gasteiger partial charge in [-0.2, -0.15) is 5.10 Å². The Balaban J connectivity index is 2.47. The van der Waals surface area contributed by atoms with E-state index in [4.69, 9.17) is 0 Å². The second-order valence-corrected chi connectivity index (χ2v) is 4.33. The Hall–Kier alpha value is -2.10. The zero-order chi connectivity index (χ0) is 13.1. The van der Waals surface area contributed by atoms with Crippen molar-refractivity contribution in [1.82, 2.24) is 9.78 Å². The Kier molecular flexibility index (Phi) is 3.46. The molecular formula is C14H16N2O2. The van der Waals surface area contributed by atoms with Crippen LogP contribution in [-0.2, 0) is 6.54 Å². The number of nitrogens with zero attached hydrogens (tertiary/aromatic N) is 2. The maximum absolute atomic E-state index is 11.2. The standard InChI is InChI=1S/C14H16N2O2/c1-3-8-16-9-12(14(17)18)13(15-16)11-6-4-10(2)5-7-11/h4-7,9H,3,8H2,1-2H3,(H,17,18). The van der Waals surface area contributed by atoms with Crippen LogP contribution in [0.4, 0.5) is 0 Å². The van der Waals surface area contributed by atoms with Gasteiger partial charge in [0.15, 0.2) is 0 Å². The minimum atomic E-state index is -0.937. The van der Waals surface area contributed by atoms with Crippen LogP contribution >= 0.6 is 0 Å². The highest BCUT2D eigenvalue weighted by molar-refractivity contribution is 5.94. The zero-order valence-corrected chi connectivity index (χ0v) is 10.6. The molecule has 1 heterocycles. The molecule has 0 aliphatic heterocycles. The largest absolute Gasteiger partial charge is 0.478 e. The third kappa shape index (κ3) is 2.42. The van der Waals surface area contributed by atoms with Crippen LogP contribution in [0.1, 0.15) is 29.3 Å². The van der Waals surface area contributed by atoms with E-state index in [1.54, 1.807) is 10.9 Å². The van der Waals surface area contributed by atoms with Crippen LogP contribution < -0.4 is 0 Å². The number of hydrogen-bond acceptors (Lipinski definition) is 2. The molecule has 4 heteroatoms. The number of hydrogen-bond donors (Lipinski definition) is 1.